The SMILES string of the molecule is Cc1cnc(N)n2cnnc12. The maximum atomic E-state index is 5.54. The first kappa shape index (κ1) is 6.09. The summed E-state index contributed by atoms with van der Waals surface area (Å²) in [5.74, 6) is 0.413. The molecule has 0 aromatic carbocycles. The zero-order valence-electron chi connectivity index (χ0n) is 6.02. The van der Waals surface area contributed by atoms with Crippen LogP contribution in [-0.4, -0.2) is 19.6 Å². The van der Waals surface area contributed by atoms with E-state index in [9.17, 15) is 0 Å². The summed E-state index contributed by atoms with van der Waals surface area (Å²) in [6, 6.07) is 0. The van der Waals surface area contributed by atoms with Crippen LogP contribution in [0, 0.1) is 6.92 Å². The van der Waals surface area contributed by atoms with Crippen molar-refractivity contribution in [1.82, 2.24) is 19.6 Å². The monoisotopic (exact) mass is 149 g/mol. The quantitative estimate of drug-likeness (QED) is 0.573. The maximum absolute atomic E-state index is 5.54. The van der Waals surface area contributed by atoms with E-state index in [4.69, 9.17) is 5.73 Å². The Bertz CT molecular complexity index is 355. The van der Waals surface area contributed by atoms with Crippen molar-refractivity contribution >= 4 is 11.6 Å². The number of nitrogen functional groups attached to an aromatic ring is 1. The molecule has 0 aliphatic heterocycles. The average molecular weight is 149 g/mol. The van der Waals surface area contributed by atoms with E-state index in [1.807, 2.05) is 6.92 Å². The van der Waals surface area contributed by atoms with Gasteiger partial charge in [0.05, 0.1) is 0 Å². The lowest BCUT2D eigenvalue weighted by atomic mass is 10.4. The number of hydrogen-bond donors (Lipinski definition) is 1. The molecule has 2 aromatic rings. The van der Waals surface area contributed by atoms with Gasteiger partial charge in [0, 0.05) is 11.8 Å². The molecule has 0 saturated carbocycles. The third-order valence-electron chi connectivity index (χ3n) is 1.54. The lowest BCUT2D eigenvalue weighted by Gasteiger charge is -1.97. The number of fused-ring (bicyclic) bond motifs is 1. The molecule has 11 heavy (non-hydrogen) atoms. The van der Waals surface area contributed by atoms with E-state index in [1.54, 1.807) is 16.9 Å². The molecule has 0 aliphatic rings. The zero-order chi connectivity index (χ0) is 7.84. The molecule has 0 saturated heterocycles. The van der Waals surface area contributed by atoms with Crippen LogP contribution in [0.3, 0.4) is 0 Å². The molecule has 2 heterocycles. The van der Waals surface area contributed by atoms with Crippen molar-refractivity contribution in [2.24, 2.45) is 0 Å². The largest absolute Gasteiger partial charge is 0.369 e. The van der Waals surface area contributed by atoms with E-state index in [0.717, 1.165) is 11.2 Å². The predicted molar refractivity (Wildman–Crippen MR) is 39.9 cm³/mol. The van der Waals surface area contributed by atoms with E-state index in [-0.39, 0.29) is 0 Å². The molecule has 2 N–H and O–H groups in total. The summed E-state index contributed by atoms with van der Waals surface area (Å²) in [5.41, 5.74) is 7.27. The van der Waals surface area contributed by atoms with Gasteiger partial charge in [0.1, 0.15) is 6.33 Å². The third kappa shape index (κ3) is 0.739. The first-order valence-corrected chi connectivity index (χ1v) is 3.20. The molecule has 2 aromatic heterocycles. The van der Waals surface area contributed by atoms with Crippen molar-refractivity contribution in [2.45, 2.75) is 6.92 Å². The summed E-state index contributed by atoms with van der Waals surface area (Å²) >= 11 is 0. The lowest BCUT2D eigenvalue weighted by molar-refractivity contribution is 1.08. The van der Waals surface area contributed by atoms with Crippen molar-refractivity contribution in [3.63, 3.8) is 0 Å². The minimum atomic E-state index is 0.413. The van der Waals surface area contributed by atoms with Crippen LogP contribution in [0.15, 0.2) is 12.5 Å². The highest BCUT2D eigenvalue weighted by atomic mass is 15.3. The number of rotatable bonds is 0. The normalized spacial score (nSPS) is 10.6. The fourth-order valence-corrected chi connectivity index (χ4v) is 0.954. The Labute approximate surface area is 62.9 Å². The van der Waals surface area contributed by atoms with Gasteiger partial charge >= 0.3 is 0 Å². The fourth-order valence-electron chi connectivity index (χ4n) is 0.954. The summed E-state index contributed by atoms with van der Waals surface area (Å²) in [7, 11) is 0. The van der Waals surface area contributed by atoms with Gasteiger partial charge < -0.3 is 5.73 Å². The second kappa shape index (κ2) is 1.91. The minimum Gasteiger partial charge on any atom is -0.369 e. The molecule has 0 fully saturated rings. The fraction of sp³-hybridized carbons (Fsp3) is 0.167. The number of nitrogens with two attached hydrogens (primary N) is 1. The van der Waals surface area contributed by atoms with Crippen LogP contribution in [0.2, 0.25) is 0 Å². The summed E-state index contributed by atoms with van der Waals surface area (Å²) in [6.45, 7) is 1.91. The highest BCUT2D eigenvalue weighted by Gasteiger charge is 2.01. The van der Waals surface area contributed by atoms with E-state index < -0.39 is 0 Å². The molecule has 0 radical (unpaired) electrons. The smallest absolute Gasteiger partial charge is 0.207 e. The molecule has 0 atom stereocenters. The van der Waals surface area contributed by atoms with E-state index in [1.165, 1.54) is 0 Å². The van der Waals surface area contributed by atoms with Crippen LogP contribution in [0.25, 0.3) is 5.65 Å². The molecule has 56 valence electrons. The highest BCUT2D eigenvalue weighted by molar-refractivity contribution is 5.48. The van der Waals surface area contributed by atoms with Crippen LogP contribution in [0.1, 0.15) is 5.56 Å². The molecule has 0 bridgehead atoms. The molecule has 0 aliphatic carbocycles. The first-order chi connectivity index (χ1) is 5.29. The van der Waals surface area contributed by atoms with Gasteiger partial charge in [-0.25, -0.2) is 4.98 Å². The Morgan fingerprint density at radius 2 is 2.36 bits per heavy atom. The summed E-state index contributed by atoms with van der Waals surface area (Å²) in [5, 5.41) is 7.59. The maximum Gasteiger partial charge on any atom is 0.207 e. The predicted octanol–water partition coefficient (Wildman–Crippen LogP) is 0.0149. The standard InChI is InChI=1S/C6H7N5/c1-4-2-8-6(7)11-3-9-10-5(4)11/h2-3H,1H3,(H2,7,8). The number of aryl methyl sites for hydroxylation is 1. The summed E-state index contributed by atoms with van der Waals surface area (Å²) in [4.78, 5) is 3.94. The van der Waals surface area contributed by atoms with Crippen molar-refractivity contribution in [2.75, 3.05) is 5.73 Å². The first-order valence-electron chi connectivity index (χ1n) is 3.20. The van der Waals surface area contributed by atoms with Crippen molar-refractivity contribution in [3.8, 4) is 0 Å². The van der Waals surface area contributed by atoms with Gasteiger partial charge in [-0.15, -0.1) is 10.2 Å². The van der Waals surface area contributed by atoms with Crippen LogP contribution in [0.5, 0.6) is 0 Å². The van der Waals surface area contributed by atoms with Gasteiger partial charge in [-0.2, -0.15) is 0 Å². The Morgan fingerprint density at radius 3 is 3.09 bits per heavy atom. The van der Waals surface area contributed by atoms with Gasteiger partial charge in [-0.05, 0) is 6.92 Å². The summed E-state index contributed by atoms with van der Waals surface area (Å²) in [6.07, 6.45) is 3.23. The number of hydrogen-bond acceptors (Lipinski definition) is 4. The third-order valence-corrected chi connectivity index (χ3v) is 1.54. The highest BCUT2D eigenvalue weighted by Crippen LogP contribution is 2.07. The summed E-state index contributed by atoms with van der Waals surface area (Å²) < 4.78 is 1.65. The van der Waals surface area contributed by atoms with Crippen LogP contribution in [-0.2, 0) is 0 Å². The van der Waals surface area contributed by atoms with Gasteiger partial charge in [0.2, 0.25) is 5.95 Å². The molecule has 5 nitrogen and oxygen atoms in total. The second-order valence-corrected chi connectivity index (χ2v) is 2.32. The van der Waals surface area contributed by atoms with Crippen LogP contribution in [0.4, 0.5) is 5.95 Å². The van der Waals surface area contributed by atoms with Crippen molar-refractivity contribution < 1.29 is 0 Å². The Balaban J connectivity index is 2.96. The van der Waals surface area contributed by atoms with Gasteiger partial charge in [-0.1, -0.05) is 0 Å². The molecular formula is C6H7N5. The lowest BCUT2D eigenvalue weighted by Crippen LogP contribution is -2.00. The number of anilines is 1. The van der Waals surface area contributed by atoms with Crippen LogP contribution < -0.4 is 5.73 Å². The Morgan fingerprint density at radius 1 is 1.55 bits per heavy atom. The Kier molecular flexibility index (Phi) is 1.06. The minimum absolute atomic E-state index is 0.413. The number of aromatic nitrogens is 4. The average Bonchev–Trinajstić information content (AvgIpc) is 2.45. The molecule has 5 heteroatoms. The topological polar surface area (TPSA) is 69.1 Å². The van der Waals surface area contributed by atoms with E-state index >= 15 is 0 Å². The molecular weight excluding hydrogens is 142 g/mol. The molecule has 2 rings (SSSR count). The van der Waals surface area contributed by atoms with Crippen molar-refractivity contribution in [3.05, 3.63) is 18.1 Å². The molecule has 0 unspecified atom stereocenters. The number of nitrogens with zero attached hydrogens (tertiary/aromatic N) is 4. The second-order valence-electron chi connectivity index (χ2n) is 2.32. The van der Waals surface area contributed by atoms with E-state index in [0.29, 0.717) is 5.95 Å². The van der Waals surface area contributed by atoms with Gasteiger partial charge in [0.15, 0.2) is 5.65 Å². The van der Waals surface area contributed by atoms with E-state index in [2.05, 4.69) is 15.2 Å². The van der Waals surface area contributed by atoms with Gasteiger partial charge in [0.25, 0.3) is 0 Å². The van der Waals surface area contributed by atoms with Crippen LogP contribution >= 0.6 is 0 Å². The van der Waals surface area contributed by atoms with Crippen molar-refractivity contribution in [1.29, 1.82) is 0 Å². The van der Waals surface area contributed by atoms with Gasteiger partial charge in [-0.3, -0.25) is 4.40 Å². The zero-order valence-corrected chi connectivity index (χ0v) is 6.02. The molecule has 0 amide bonds. The Hall–Kier alpha value is -1.65. The molecule has 0 spiro atoms.